The number of hydrogen-bond donors (Lipinski definition) is 1. The molecule has 2 rings (SSSR count). The molecule has 7 nitrogen and oxygen atoms in total. The summed E-state index contributed by atoms with van der Waals surface area (Å²) in [5.74, 6) is 0.366. The van der Waals surface area contributed by atoms with Gasteiger partial charge in [-0.1, -0.05) is 6.07 Å². The number of ether oxygens (including phenoxy) is 1. The minimum Gasteiger partial charge on any atom is -0.461 e. The van der Waals surface area contributed by atoms with Gasteiger partial charge in [-0.2, -0.15) is 15.0 Å². The first-order valence-corrected chi connectivity index (χ1v) is 7.04. The van der Waals surface area contributed by atoms with Crippen LogP contribution in [0.1, 0.15) is 0 Å². The van der Waals surface area contributed by atoms with Gasteiger partial charge in [-0.3, -0.25) is 0 Å². The van der Waals surface area contributed by atoms with Gasteiger partial charge in [-0.15, -0.1) is 0 Å². The first-order chi connectivity index (χ1) is 10.0. The fraction of sp³-hybridized carbons (Fsp3) is 0.182. The zero-order valence-corrected chi connectivity index (χ0v) is 13.4. The summed E-state index contributed by atoms with van der Waals surface area (Å²) < 4.78 is 4.44. The summed E-state index contributed by atoms with van der Waals surface area (Å²) in [6.45, 7) is 0. The van der Waals surface area contributed by atoms with E-state index in [1.54, 1.807) is 25.4 Å². The number of methoxy groups -OCH3 is 1. The van der Waals surface area contributed by atoms with Crippen LogP contribution in [0.25, 0.3) is 0 Å². The minimum absolute atomic E-state index is 0.0874. The van der Waals surface area contributed by atoms with Crippen LogP contribution in [0.15, 0.2) is 29.4 Å². The van der Waals surface area contributed by atoms with Crippen molar-refractivity contribution >= 4 is 46.2 Å². The number of aromatic nitrogens is 4. The fourth-order valence-electron chi connectivity index (χ4n) is 0.972. The maximum Gasteiger partial charge on any atom is 0.373 e. The monoisotopic (exact) mass is 347 g/mol. The van der Waals surface area contributed by atoms with Crippen molar-refractivity contribution in [1.82, 2.24) is 19.9 Å². The van der Waals surface area contributed by atoms with Crippen molar-refractivity contribution in [2.75, 3.05) is 19.5 Å². The predicted octanol–water partition coefficient (Wildman–Crippen LogP) is 3.16. The summed E-state index contributed by atoms with van der Waals surface area (Å²) in [7, 11) is 3.01. The van der Waals surface area contributed by atoms with E-state index in [0.29, 0.717) is 11.0 Å². The van der Waals surface area contributed by atoms with Crippen molar-refractivity contribution in [1.29, 1.82) is 0 Å². The number of pyridine rings is 1. The summed E-state index contributed by atoms with van der Waals surface area (Å²) in [6.07, 6.45) is 1.63. The van der Waals surface area contributed by atoms with E-state index in [0.717, 1.165) is 11.8 Å². The molecule has 2 heterocycles. The third-order valence-electron chi connectivity index (χ3n) is 1.80. The maximum absolute atomic E-state index is 10.7. The molecule has 0 atom stereocenters. The summed E-state index contributed by atoms with van der Waals surface area (Å²) in [6, 6.07) is 5.36. The lowest BCUT2D eigenvalue weighted by atomic mass is 10.5. The van der Waals surface area contributed by atoms with Gasteiger partial charge in [-0.25, -0.2) is 9.78 Å². The van der Waals surface area contributed by atoms with Crippen LogP contribution in [0.3, 0.4) is 0 Å². The Kier molecular flexibility index (Phi) is 7.73. The molecular formula is C11H11Cl2N5O2S. The third-order valence-corrected chi connectivity index (χ3v) is 2.92. The Morgan fingerprint density at radius 1 is 1.24 bits per heavy atom. The van der Waals surface area contributed by atoms with Crippen LogP contribution < -0.4 is 5.32 Å². The predicted molar refractivity (Wildman–Crippen MR) is 81.9 cm³/mol. The normalized spacial score (nSPS) is 9.33. The van der Waals surface area contributed by atoms with Crippen molar-refractivity contribution < 1.29 is 9.53 Å². The van der Waals surface area contributed by atoms with Crippen LogP contribution in [0, 0.1) is 0 Å². The van der Waals surface area contributed by atoms with Gasteiger partial charge in [0, 0.05) is 25.0 Å². The van der Waals surface area contributed by atoms with Crippen LogP contribution in [0.5, 0.6) is 0 Å². The lowest BCUT2D eigenvalue weighted by molar-refractivity contribution is 0.200. The molecule has 112 valence electrons. The number of nitrogens with zero attached hydrogens (tertiary/aromatic N) is 4. The van der Waals surface area contributed by atoms with Gasteiger partial charge in [0.2, 0.25) is 16.5 Å². The Morgan fingerprint density at radius 3 is 2.38 bits per heavy atom. The van der Waals surface area contributed by atoms with Gasteiger partial charge in [0.25, 0.3) is 0 Å². The van der Waals surface area contributed by atoms with Crippen molar-refractivity contribution in [3.63, 3.8) is 0 Å². The topological polar surface area (TPSA) is 89.9 Å². The van der Waals surface area contributed by atoms with Gasteiger partial charge in [0.1, 0.15) is 5.03 Å². The SMILES string of the molecule is CNc1nc(Cl)nc(Cl)n1.COC(=O)Sc1ccccn1. The molecular weight excluding hydrogens is 337 g/mol. The van der Waals surface area contributed by atoms with Gasteiger partial charge < -0.3 is 10.1 Å². The molecule has 0 spiro atoms. The van der Waals surface area contributed by atoms with Gasteiger partial charge in [0.15, 0.2) is 0 Å². The molecule has 21 heavy (non-hydrogen) atoms. The van der Waals surface area contributed by atoms with E-state index in [1.807, 2.05) is 6.07 Å². The number of thioether (sulfide) groups is 1. The summed E-state index contributed by atoms with van der Waals surface area (Å²) in [5, 5.41) is 3.16. The molecule has 0 amide bonds. The second kappa shape index (κ2) is 9.32. The smallest absolute Gasteiger partial charge is 0.373 e. The van der Waals surface area contributed by atoms with Crippen LogP contribution in [0.2, 0.25) is 10.6 Å². The molecule has 0 fully saturated rings. The molecule has 0 aliphatic carbocycles. The molecule has 0 saturated heterocycles. The van der Waals surface area contributed by atoms with Crippen LogP contribution in [-0.4, -0.2) is 39.4 Å². The van der Waals surface area contributed by atoms with Crippen LogP contribution in [-0.2, 0) is 4.74 Å². The molecule has 0 aromatic carbocycles. The maximum atomic E-state index is 10.7. The number of rotatable bonds is 2. The third kappa shape index (κ3) is 7.07. The average Bonchev–Trinajstić information content (AvgIpc) is 2.47. The Bertz CT molecular complexity index is 568. The first-order valence-electron chi connectivity index (χ1n) is 5.46. The lowest BCUT2D eigenvalue weighted by Crippen LogP contribution is -1.98. The van der Waals surface area contributed by atoms with Crippen LogP contribution >= 0.6 is 35.0 Å². The Labute approximate surface area is 135 Å². The van der Waals surface area contributed by atoms with Crippen molar-refractivity contribution in [2.24, 2.45) is 0 Å². The number of anilines is 1. The zero-order chi connectivity index (χ0) is 15.7. The molecule has 0 radical (unpaired) electrons. The van der Waals surface area contributed by atoms with E-state index in [4.69, 9.17) is 23.2 Å². The van der Waals surface area contributed by atoms with E-state index < -0.39 is 0 Å². The van der Waals surface area contributed by atoms with E-state index in [9.17, 15) is 4.79 Å². The summed E-state index contributed by atoms with van der Waals surface area (Å²) in [4.78, 5) is 25.6. The van der Waals surface area contributed by atoms with E-state index in [-0.39, 0.29) is 15.9 Å². The average molecular weight is 348 g/mol. The largest absolute Gasteiger partial charge is 0.461 e. The molecule has 0 bridgehead atoms. The molecule has 2 aromatic rings. The summed E-state index contributed by atoms with van der Waals surface area (Å²) in [5.41, 5.74) is 0. The quantitative estimate of drug-likeness (QED) is 0.654. The Hall–Kier alpha value is -1.64. The van der Waals surface area contributed by atoms with Crippen molar-refractivity contribution in [3.05, 3.63) is 35.0 Å². The second-order valence-electron chi connectivity index (χ2n) is 3.17. The Balaban J connectivity index is 0.000000211. The van der Waals surface area contributed by atoms with E-state index >= 15 is 0 Å². The summed E-state index contributed by atoms with van der Waals surface area (Å²) >= 11 is 11.9. The van der Waals surface area contributed by atoms with Crippen LogP contribution in [0.4, 0.5) is 10.7 Å². The Morgan fingerprint density at radius 2 is 1.90 bits per heavy atom. The standard InChI is InChI=1S/C7H7NO2S.C4H4Cl2N4/c1-10-7(9)11-6-4-2-3-5-8-6;1-7-4-9-2(5)8-3(6)10-4/h2-5H,1H3;1H3,(H,7,8,9,10). The highest BCUT2D eigenvalue weighted by atomic mass is 35.5. The number of nitrogens with one attached hydrogen (secondary N) is 1. The minimum atomic E-state index is -0.344. The molecule has 2 aromatic heterocycles. The molecule has 0 saturated carbocycles. The first kappa shape index (κ1) is 17.4. The molecule has 10 heteroatoms. The number of carbonyl (C=O) groups is 1. The van der Waals surface area contributed by atoms with Crippen molar-refractivity contribution in [3.8, 4) is 0 Å². The lowest BCUT2D eigenvalue weighted by Gasteiger charge is -1.96. The van der Waals surface area contributed by atoms with E-state index in [2.05, 4.69) is 30.0 Å². The van der Waals surface area contributed by atoms with Gasteiger partial charge >= 0.3 is 5.30 Å². The van der Waals surface area contributed by atoms with Gasteiger partial charge in [0.05, 0.1) is 7.11 Å². The number of carbonyl (C=O) groups excluding carboxylic acids is 1. The molecule has 1 N–H and O–H groups in total. The number of halogens is 2. The molecule has 0 aliphatic heterocycles. The van der Waals surface area contributed by atoms with Crippen molar-refractivity contribution in [2.45, 2.75) is 5.03 Å². The number of hydrogen-bond acceptors (Lipinski definition) is 8. The van der Waals surface area contributed by atoms with E-state index in [1.165, 1.54) is 7.11 Å². The highest BCUT2D eigenvalue weighted by Crippen LogP contribution is 2.15. The fourth-order valence-corrected chi connectivity index (χ4v) is 1.85. The second-order valence-corrected chi connectivity index (χ2v) is 4.80. The molecule has 0 aliphatic rings. The zero-order valence-electron chi connectivity index (χ0n) is 11.1. The van der Waals surface area contributed by atoms with Gasteiger partial charge in [-0.05, 0) is 35.3 Å². The highest BCUT2D eigenvalue weighted by molar-refractivity contribution is 8.13. The molecule has 0 unspecified atom stereocenters. The highest BCUT2D eigenvalue weighted by Gasteiger charge is 2.02.